The molecule has 5 nitrogen and oxygen atoms in total. The highest BCUT2D eigenvalue weighted by Gasteiger charge is 2.19. The Labute approximate surface area is 199 Å². The number of benzene rings is 2. The van der Waals surface area contributed by atoms with Crippen LogP contribution in [0.1, 0.15) is 76.4 Å². The van der Waals surface area contributed by atoms with Crippen molar-refractivity contribution >= 4 is 11.8 Å². The number of rotatable bonds is 8. The molecule has 2 rings (SSSR count). The van der Waals surface area contributed by atoms with Crippen LogP contribution in [-0.4, -0.2) is 38.0 Å². The van der Waals surface area contributed by atoms with E-state index in [1.807, 2.05) is 27.7 Å². The van der Waals surface area contributed by atoms with Crippen LogP contribution in [0.25, 0.3) is 0 Å². The lowest BCUT2D eigenvalue weighted by molar-refractivity contribution is 0.0947. The van der Waals surface area contributed by atoms with Crippen molar-refractivity contribution in [1.29, 1.82) is 0 Å². The van der Waals surface area contributed by atoms with Crippen LogP contribution in [0.15, 0.2) is 0 Å². The van der Waals surface area contributed by atoms with Gasteiger partial charge in [-0.25, -0.2) is 0 Å². The predicted molar refractivity (Wildman–Crippen MR) is 138 cm³/mol. The molecule has 180 valence electrons. The van der Waals surface area contributed by atoms with Crippen LogP contribution >= 0.6 is 0 Å². The van der Waals surface area contributed by atoms with Crippen LogP contribution in [0, 0.1) is 69.2 Å². The molecule has 0 aromatic heterocycles. The van der Waals surface area contributed by atoms with E-state index in [-0.39, 0.29) is 11.8 Å². The van der Waals surface area contributed by atoms with Crippen molar-refractivity contribution in [3.8, 4) is 0 Å². The standard InChI is InChI=1S/C28H41N3O2/c1-15-17(3)21(7)25(22(8)18(15)4)27(32)30-13-11-29-12-14-31-28(33)26-23(9)19(5)16(2)20(6)24(26)10/h29H,11-14H2,1-10H3,(H,30,32)(H,31,33). The van der Waals surface area contributed by atoms with Crippen LogP contribution in [0.4, 0.5) is 0 Å². The van der Waals surface area contributed by atoms with E-state index < -0.39 is 0 Å². The van der Waals surface area contributed by atoms with E-state index in [4.69, 9.17) is 0 Å². The monoisotopic (exact) mass is 451 g/mol. The summed E-state index contributed by atoms with van der Waals surface area (Å²) in [6.07, 6.45) is 0. The van der Waals surface area contributed by atoms with E-state index >= 15 is 0 Å². The molecule has 0 fully saturated rings. The number of hydrogen-bond donors (Lipinski definition) is 3. The van der Waals surface area contributed by atoms with Gasteiger partial charge in [0.1, 0.15) is 0 Å². The van der Waals surface area contributed by atoms with Gasteiger partial charge in [0, 0.05) is 37.3 Å². The second-order valence-corrected chi connectivity index (χ2v) is 9.26. The zero-order valence-electron chi connectivity index (χ0n) is 22.1. The maximum Gasteiger partial charge on any atom is 0.251 e. The predicted octanol–water partition coefficient (Wildman–Crippen LogP) is 4.52. The first-order valence-electron chi connectivity index (χ1n) is 11.8. The smallest absolute Gasteiger partial charge is 0.251 e. The highest BCUT2D eigenvalue weighted by molar-refractivity contribution is 5.98. The number of hydrogen-bond acceptors (Lipinski definition) is 3. The number of carbonyl (C=O) groups excluding carboxylic acids is 2. The van der Waals surface area contributed by atoms with Crippen molar-refractivity contribution in [2.75, 3.05) is 26.2 Å². The van der Waals surface area contributed by atoms with E-state index in [2.05, 4.69) is 57.5 Å². The quantitative estimate of drug-likeness (QED) is 0.517. The molecular formula is C28H41N3O2. The lowest BCUT2D eigenvalue weighted by atomic mass is 9.89. The molecule has 0 saturated heterocycles. The zero-order chi connectivity index (χ0) is 25.0. The zero-order valence-corrected chi connectivity index (χ0v) is 22.1. The van der Waals surface area contributed by atoms with Gasteiger partial charge in [-0.2, -0.15) is 0 Å². The molecular weight excluding hydrogens is 410 g/mol. The normalized spacial score (nSPS) is 11.0. The Bertz CT molecular complexity index is 940. The van der Waals surface area contributed by atoms with Crippen molar-refractivity contribution < 1.29 is 9.59 Å². The summed E-state index contributed by atoms with van der Waals surface area (Å²) in [6.45, 7) is 23.0. The lowest BCUT2D eigenvalue weighted by Crippen LogP contribution is -2.37. The van der Waals surface area contributed by atoms with Crippen LogP contribution in [0.2, 0.25) is 0 Å². The molecule has 2 amide bonds. The van der Waals surface area contributed by atoms with Gasteiger partial charge in [-0.3, -0.25) is 9.59 Å². The number of carbonyl (C=O) groups is 2. The van der Waals surface area contributed by atoms with Gasteiger partial charge in [-0.05, 0) is 125 Å². The molecule has 0 aliphatic rings. The topological polar surface area (TPSA) is 70.2 Å². The molecule has 0 unspecified atom stereocenters. The second kappa shape index (κ2) is 11.0. The molecule has 0 bridgehead atoms. The fraction of sp³-hybridized carbons (Fsp3) is 0.500. The van der Waals surface area contributed by atoms with Crippen molar-refractivity contribution in [3.05, 3.63) is 66.8 Å². The summed E-state index contributed by atoms with van der Waals surface area (Å²) in [5, 5.41) is 9.34. The van der Waals surface area contributed by atoms with Crippen LogP contribution < -0.4 is 16.0 Å². The maximum absolute atomic E-state index is 12.8. The summed E-state index contributed by atoms with van der Waals surface area (Å²) in [7, 11) is 0. The van der Waals surface area contributed by atoms with Gasteiger partial charge >= 0.3 is 0 Å². The SMILES string of the molecule is Cc1c(C)c(C)c(C(=O)NCCNCCNC(=O)c2c(C)c(C)c(C)c(C)c2C)c(C)c1C. The molecule has 2 aromatic rings. The number of nitrogens with one attached hydrogen (secondary N) is 3. The Morgan fingerprint density at radius 1 is 0.424 bits per heavy atom. The van der Waals surface area contributed by atoms with Gasteiger partial charge in [-0.15, -0.1) is 0 Å². The molecule has 0 aliphatic carbocycles. The van der Waals surface area contributed by atoms with E-state index in [9.17, 15) is 9.59 Å². The third kappa shape index (κ3) is 5.47. The van der Waals surface area contributed by atoms with Crippen molar-refractivity contribution in [2.45, 2.75) is 69.2 Å². The molecule has 2 aromatic carbocycles. The molecule has 0 heterocycles. The first kappa shape index (κ1) is 26.6. The van der Waals surface area contributed by atoms with Crippen LogP contribution in [-0.2, 0) is 0 Å². The van der Waals surface area contributed by atoms with Crippen molar-refractivity contribution in [2.24, 2.45) is 0 Å². The van der Waals surface area contributed by atoms with Gasteiger partial charge in [0.2, 0.25) is 0 Å². The van der Waals surface area contributed by atoms with E-state index in [1.54, 1.807) is 0 Å². The Kier molecular flexibility index (Phi) is 8.84. The molecule has 0 aliphatic heterocycles. The van der Waals surface area contributed by atoms with E-state index in [0.717, 1.165) is 33.4 Å². The van der Waals surface area contributed by atoms with E-state index in [1.165, 1.54) is 33.4 Å². The summed E-state index contributed by atoms with van der Waals surface area (Å²) >= 11 is 0. The lowest BCUT2D eigenvalue weighted by Gasteiger charge is -2.18. The van der Waals surface area contributed by atoms with E-state index in [0.29, 0.717) is 26.2 Å². The van der Waals surface area contributed by atoms with Crippen LogP contribution in [0.5, 0.6) is 0 Å². The third-order valence-electron chi connectivity index (χ3n) is 7.63. The van der Waals surface area contributed by atoms with Gasteiger partial charge in [0.15, 0.2) is 0 Å². The van der Waals surface area contributed by atoms with Gasteiger partial charge in [0.25, 0.3) is 11.8 Å². The molecule has 0 atom stereocenters. The summed E-state index contributed by atoms with van der Waals surface area (Å²) in [6, 6.07) is 0. The van der Waals surface area contributed by atoms with Gasteiger partial charge < -0.3 is 16.0 Å². The van der Waals surface area contributed by atoms with Crippen LogP contribution in [0.3, 0.4) is 0 Å². The minimum atomic E-state index is -0.0256. The Morgan fingerprint density at radius 2 is 0.667 bits per heavy atom. The minimum Gasteiger partial charge on any atom is -0.351 e. The molecule has 0 spiro atoms. The second-order valence-electron chi connectivity index (χ2n) is 9.26. The molecule has 3 N–H and O–H groups in total. The highest BCUT2D eigenvalue weighted by atomic mass is 16.2. The fourth-order valence-electron chi connectivity index (χ4n) is 4.51. The summed E-state index contributed by atoms with van der Waals surface area (Å²) in [4.78, 5) is 25.6. The van der Waals surface area contributed by atoms with Crippen molar-refractivity contribution in [1.82, 2.24) is 16.0 Å². The Balaban J connectivity index is 1.83. The average Bonchev–Trinajstić information content (AvgIpc) is 2.78. The largest absolute Gasteiger partial charge is 0.351 e. The minimum absolute atomic E-state index is 0.0256. The summed E-state index contributed by atoms with van der Waals surface area (Å²) in [5.41, 5.74) is 13.0. The highest BCUT2D eigenvalue weighted by Crippen LogP contribution is 2.27. The first-order valence-corrected chi connectivity index (χ1v) is 11.8. The number of amides is 2. The third-order valence-corrected chi connectivity index (χ3v) is 7.63. The molecule has 0 saturated carbocycles. The average molecular weight is 452 g/mol. The fourth-order valence-corrected chi connectivity index (χ4v) is 4.51. The molecule has 33 heavy (non-hydrogen) atoms. The van der Waals surface area contributed by atoms with Crippen molar-refractivity contribution in [3.63, 3.8) is 0 Å². The van der Waals surface area contributed by atoms with Gasteiger partial charge in [0.05, 0.1) is 0 Å². The molecule has 0 radical (unpaired) electrons. The summed E-state index contributed by atoms with van der Waals surface area (Å²) in [5.74, 6) is -0.0512. The van der Waals surface area contributed by atoms with Gasteiger partial charge in [-0.1, -0.05) is 0 Å². The Hall–Kier alpha value is -2.66. The molecule has 5 heteroatoms. The first-order chi connectivity index (χ1) is 15.4. The maximum atomic E-state index is 12.8. The Morgan fingerprint density at radius 3 is 0.939 bits per heavy atom. The summed E-state index contributed by atoms with van der Waals surface area (Å²) < 4.78 is 0.